The van der Waals surface area contributed by atoms with Crippen molar-refractivity contribution in [1.82, 2.24) is 9.80 Å². The van der Waals surface area contributed by atoms with E-state index < -0.39 is 0 Å². The first kappa shape index (κ1) is 19.2. The summed E-state index contributed by atoms with van der Waals surface area (Å²) in [4.78, 5) is 5.48. The van der Waals surface area contributed by atoms with Crippen LogP contribution in [0.15, 0.2) is 0 Å². The smallest absolute Gasteiger partial charge is 0.0120 e. The van der Waals surface area contributed by atoms with Crippen LogP contribution in [-0.2, 0) is 0 Å². The Morgan fingerprint density at radius 2 is 1.67 bits per heavy atom. The lowest BCUT2D eigenvalue weighted by Crippen LogP contribution is -2.52. The van der Waals surface area contributed by atoms with Crippen LogP contribution < -0.4 is 5.73 Å². The van der Waals surface area contributed by atoms with Crippen LogP contribution in [0.4, 0.5) is 0 Å². The Labute approximate surface area is 138 Å². The van der Waals surface area contributed by atoms with Gasteiger partial charge in [-0.05, 0) is 71.0 Å². The van der Waals surface area contributed by atoms with Crippen LogP contribution in [0.1, 0.15) is 59.3 Å². The van der Waals surface area contributed by atoms with Crippen LogP contribution in [0.3, 0.4) is 0 Å². The molecule has 0 amide bonds. The summed E-state index contributed by atoms with van der Waals surface area (Å²) in [6.45, 7) is 12.0. The molecule has 0 aromatic rings. The Morgan fingerprint density at radius 1 is 1.05 bits per heavy atom. The highest BCUT2D eigenvalue weighted by atomic mass is 35.5. The zero-order valence-electron chi connectivity index (χ0n) is 14.3. The third-order valence-electron chi connectivity index (χ3n) is 5.71. The van der Waals surface area contributed by atoms with Crippen LogP contribution in [0.25, 0.3) is 0 Å². The molecule has 0 aromatic heterocycles. The minimum Gasteiger partial charge on any atom is -0.328 e. The molecule has 2 atom stereocenters. The topological polar surface area (TPSA) is 32.5 Å². The number of nitrogens with two attached hydrogens (primary N) is 1. The first-order valence-electron chi connectivity index (χ1n) is 8.89. The fourth-order valence-corrected chi connectivity index (χ4v) is 4.22. The predicted octanol–water partition coefficient (Wildman–Crippen LogP) is 3.12. The molecule has 2 aliphatic rings. The lowest BCUT2D eigenvalue weighted by Gasteiger charge is -2.44. The second-order valence-corrected chi connectivity index (χ2v) is 6.99. The van der Waals surface area contributed by atoms with Gasteiger partial charge in [-0.25, -0.2) is 0 Å². The van der Waals surface area contributed by atoms with Gasteiger partial charge in [0.15, 0.2) is 0 Å². The summed E-state index contributed by atoms with van der Waals surface area (Å²) in [6.07, 6.45) is 8.01. The average molecular weight is 318 g/mol. The van der Waals surface area contributed by atoms with Gasteiger partial charge < -0.3 is 10.6 Å². The van der Waals surface area contributed by atoms with Gasteiger partial charge in [0.05, 0.1) is 0 Å². The predicted molar refractivity (Wildman–Crippen MR) is 94.2 cm³/mol. The molecule has 2 fully saturated rings. The fraction of sp³-hybridized carbons (Fsp3) is 1.00. The molecule has 0 spiro atoms. The molecule has 3 nitrogen and oxygen atoms in total. The number of hydrogen-bond donors (Lipinski definition) is 1. The maximum Gasteiger partial charge on any atom is 0.0120 e. The quantitative estimate of drug-likeness (QED) is 0.845. The lowest BCUT2D eigenvalue weighted by atomic mass is 9.89. The lowest BCUT2D eigenvalue weighted by molar-refractivity contribution is 0.0512. The summed E-state index contributed by atoms with van der Waals surface area (Å²) in [7, 11) is 0. The zero-order valence-corrected chi connectivity index (χ0v) is 15.1. The molecule has 2 N–H and O–H groups in total. The minimum atomic E-state index is 0. The Kier molecular flexibility index (Phi) is 8.55. The highest BCUT2D eigenvalue weighted by Gasteiger charge is 2.31. The van der Waals surface area contributed by atoms with Crippen molar-refractivity contribution in [3.63, 3.8) is 0 Å². The van der Waals surface area contributed by atoms with Crippen molar-refractivity contribution in [2.75, 3.05) is 26.2 Å². The number of piperidine rings is 2. The molecule has 2 rings (SSSR count). The molecule has 2 unspecified atom stereocenters. The SMILES string of the molecule is CCC(CC)N1CCC(N2CCCC(C(C)N)C2)CC1.Cl. The van der Waals surface area contributed by atoms with Crippen molar-refractivity contribution in [3.8, 4) is 0 Å². The standard InChI is InChI=1S/C17H35N3.ClH/c1-4-16(5-2)19-11-8-17(9-12-19)20-10-6-7-15(13-20)14(3)18;/h14-17H,4-13,18H2,1-3H3;1H. The van der Waals surface area contributed by atoms with E-state index in [2.05, 4.69) is 30.6 Å². The fourth-order valence-electron chi connectivity index (χ4n) is 4.22. The Morgan fingerprint density at radius 3 is 2.19 bits per heavy atom. The summed E-state index contributed by atoms with van der Waals surface area (Å²) in [6, 6.07) is 2.00. The van der Waals surface area contributed by atoms with Gasteiger partial charge in [0.1, 0.15) is 0 Å². The summed E-state index contributed by atoms with van der Waals surface area (Å²) in [5.74, 6) is 0.723. The number of halogens is 1. The van der Waals surface area contributed by atoms with E-state index in [4.69, 9.17) is 5.73 Å². The molecular formula is C17H36ClN3. The van der Waals surface area contributed by atoms with E-state index in [0.717, 1.165) is 18.0 Å². The number of hydrogen-bond acceptors (Lipinski definition) is 3. The van der Waals surface area contributed by atoms with Crippen LogP contribution in [0, 0.1) is 5.92 Å². The zero-order chi connectivity index (χ0) is 14.5. The van der Waals surface area contributed by atoms with Crippen LogP contribution in [0.5, 0.6) is 0 Å². The summed E-state index contributed by atoms with van der Waals surface area (Å²) >= 11 is 0. The van der Waals surface area contributed by atoms with Crippen molar-refractivity contribution in [2.45, 2.75) is 77.4 Å². The summed E-state index contributed by atoms with van der Waals surface area (Å²) in [5, 5.41) is 0. The molecule has 2 saturated heterocycles. The van der Waals surface area contributed by atoms with Gasteiger partial charge in [-0.2, -0.15) is 0 Å². The third kappa shape index (κ3) is 5.09. The molecule has 21 heavy (non-hydrogen) atoms. The Hall–Kier alpha value is 0.170. The van der Waals surface area contributed by atoms with Crippen molar-refractivity contribution in [1.29, 1.82) is 0 Å². The molecule has 126 valence electrons. The highest BCUT2D eigenvalue weighted by Crippen LogP contribution is 2.26. The van der Waals surface area contributed by atoms with Crippen LogP contribution in [0.2, 0.25) is 0 Å². The molecule has 0 saturated carbocycles. The number of likely N-dealkylation sites (tertiary alicyclic amines) is 2. The van der Waals surface area contributed by atoms with E-state index in [1.54, 1.807) is 0 Å². The largest absolute Gasteiger partial charge is 0.328 e. The molecule has 0 radical (unpaired) electrons. The van der Waals surface area contributed by atoms with Gasteiger partial charge in [-0.15, -0.1) is 12.4 Å². The molecule has 2 aliphatic heterocycles. The van der Waals surface area contributed by atoms with E-state index in [1.165, 1.54) is 64.7 Å². The van der Waals surface area contributed by atoms with Crippen molar-refractivity contribution < 1.29 is 0 Å². The number of nitrogens with zero attached hydrogens (tertiary/aromatic N) is 2. The maximum absolute atomic E-state index is 6.12. The molecule has 2 heterocycles. The third-order valence-corrected chi connectivity index (χ3v) is 5.71. The van der Waals surface area contributed by atoms with Crippen molar-refractivity contribution in [2.24, 2.45) is 11.7 Å². The molecule has 0 aromatic carbocycles. The first-order chi connectivity index (χ1) is 9.65. The van der Waals surface area contributed by atoms with Gasteiger partial charge in [0, 0.05) is 24.7 Å². The summed E-state index contributed by atoms with van der Waals surface area (Å²) < 4.78 is 0. The Bertz CT molecular complexity index is 273. The van der Waals surface area contributed by atoms with Crippen molar-refractivity contribution in [3.05, 3.63) is 0 Å². The van der Waals surface area contributed by atoms with Gasteiger partial charge in [0.25, 0.3) is 0 Å². The molecule has 4 heteroatoms. The summed E-state index contributed by atoms with van der Waals surface area (Å²) in [5.41, 5.74) is 6.12. The second kappa shape index (κ2) is 9.34. The maximum atomic E-state index is 6.12. The van der Waals surface area contributed by atoms with E-state index in [1.807, 2.05) is 0 Å². The van der Waals surface area contributed by atoms with E-state index in [0.29, 0.717) is 6.04 Å². The average Bonchev–Trinajstić information content (AvgIpc) is 2.49. The molecule has 0 bridgehead atoms. The van der Waals surface area contributed by atoms with Gasteiger partial charge in [0.2, 0.25) is 0 Å². The minimum absolute atomic E-state index is 0. The first-order valence-corrected chi connectivity index (χ1v) is 8.89. The molecule has 0 aliphatic carbocycles. The van der Waals surface area contributed by atoms with Gasteiger partial charge in [-0.1, -0.05) is 13.8 Å². The Balaban J connectivity index is 0.00000220. The second-order valence-electron chi connectivity index (χ2n) is 6.99. The monoisotopic (exact) mass is 317 g/mol. The van der Waals surface area contributed by atoms with Crippen molar-refractivity contribution >= 4 is 12.4 Å². The molecular weight excluding hydrogens is 282 g/mol. The van der Waals surface area contributed by atoms with E-state index >= 15 is 0 Å². The normalized spacial score (nSPS) is 27.6. The van der Waals surface area contributed by atoms with Crippen LogP contribution >= 0.6 is 12.4 Å². The number of rotatable bonds is 5. The van der Waals surface area contributed by atoms with Gasteiger partial charge >= 0.3 is 0 Å². The van der Waals surface area contributed by atoms with E-state index in [9.17, 15) is 0 Å². The van der Waals surface area contributed by atoms with Gasteiger partial charge in [-0.3, -0.25) is 4.90 Å². The van der Waals surface area contributed by atoms with Crippen LogP contribution in [-0.4, -0.2) is 54.1 Å². The highest BCUT2D eigenvalue weighted by molar-refractivity contribution is 5.85. The van der Waals surface area contributed by atoms with E-state index in [-0.39, 0.29) is 12.4 Å².